The molecule has 3 amide bonds. The number of aliphatic hydroxyl groups excluding tert-OH is 1. The third-order valence-corrected chi connectivity index (χ3v) is 7.72. The molecule has 2 heterocycles. The number of amides is 3. The second-order valence-corrected chi connectivity index (χ2v) is 10.5. The fourth-order valence-electron chi connectivity index (χ4n) is 2.69. The first-order chi connectivity index (χ1) is 13.6. The maximum absolute atomic E-state index is 13.4. The number of phosphoric acid groups is 3. The molecule has 0 aromatic heterocycles. The van der Waals surface area contributed by atoms with Crippen LogP contribution < -0.4 is 5.32 Å². The van der Waals surface area contributed by atoms with Gasteiger partial charge in [-0.05, 0) is 0 Å². The minimum atomic E-state index is -5.74. The summed E-state index contributed by atoms with van der Waals surface area (Å²) >= 11 is 0. The molecule has 2 rings (SSSR count). The number of nitrogens with zero attached hydrogens (tertiary/aromatic N) is 1. The van der Waals surface area contributed by atoms with E-state index in [9.17, 15) is 37.7 Å². The number of hydrogen-bond acceptors (Lipinski definition) is 10. The Morgan fingerprint density at radius 2 is 1.77 bits per heavy atom. The molecule has 2 aliphatic rings. The SMILES string of the molecule is O=C1CCN([C@@H]2O[C@H](COP(=O)(O)OP(=O)(O)OP(=O)(O)O)[C@@H](CF)[C@H]2O)C(=O)N1. The fraction of sp³-hybridized carbons (Fsp3) is 0.800. The summed E-state index contributed by atoms with van der Waals surface area (Å²) in [5.41, 5.74) is 0. The average Bonchev–Trinajstić information content (AvgIpc) is 2.85. The monoisotopic (exact) mass is 502 g/mol. The first-order valence-electron chi connectivity index (χ1n) is 7.92. The van der Waals surface area contributed by atoms with Crippen molar-refractivity contribution in [2.24, 2.45) is 5.92 Å². The van der Waals surface area contributed by atoms with E-state index < -0.39 is 73.0 Å². The van der Waals surface area contributed by atoms with Crippen molar-refractivity contribution in [1.82, 2.24) is 10.2 Å². The van der Waals surface area contributed by atoms with Gasteiger partial charge in [0, 0.05) is 18.9 Å². The van der Waals surface area contributed by atoms with Crippen molar-refractivity contribution < 1.29 is 70.2 Å². The van der Waals surface area contributed by atoms with Gasteiger partial charge in [0.05, 0.1) is 19.4 Å². The number of carbonyl (C=O) groups excluding carboxylic acids is 2. The van der Waals surface area contributed by atoms with Crippen LogP contribution in [0.1, 0.15) is 6.42 Å². The molecule has 0 aliphatic carbocycles. The quantitative estimate of drug-likeness (QED) is 0.206. The van der Waals surface area contributed by atoms with E-state index in [1.54, 1.807) is 0 Å². The summed E-state index contributed by atoms with van der Waals surface area (Å²) in [5.74, 6) is -1.94. The number of phosphoric ester groups is 1. The maximum atomic E-state index is 13.4. The van der Waals surface area contributed by atoms with E-state index in [0.29, 0.717) is 0 Å². The number of nitrogens with one attached hydrogen (secondary N) is 1. The standard InChI is InChI=1S/C10H18FN2O14P3/c11-3-5-6(4-24-29(20,21)27-30(22,23)26-28(17,18)19)25-9(8(5)15)13-2-1-7(14)12-10(13)16/h5-6,8-9,15H,1-4H2,(H,20,21)(H,22,23)(H,12,14,16)(H2,17,18,19)/t5-,6-,8-,9-/m1/s1. The molecule has 0 aromatic carbocycles. The Morgan fingerprint density at radius 3 is 2.30 bits per heavy atom. The largest absolute Gasteiger partial charge is 0.490 e. The molecule has 2 aliphatic heterocycles. The van der Waals surface area contributed by atoms with Gasteiger partial charge in [-0.25, -0.2) is 18.5 Å². The maximum Gasteiger partial charge on any atom is 0.490 e. The van der Waals surface area contributed by atoms with E-state index in [0.717, 1.165) is 4.90 Å². The van der Waals surface area contributed by atoms with Crippen molar-refractivity contribution in [3.05, 3.63) is 0 Å². The number of imide groups is 1. The van der Waals surface area contributed by atoms with Gasteiger partial charge in [-0.2, -0.15) is 8.62 Å². The lowest BCUT2D eigenvalue weighted by molar-refractivity contribution is -0.125. The molecule has 30 heavy (non-hydrogen) atoms. The molecule has 0 saturated carbocycles. The van der Waals surface area contributed by atoms with Crippen LogP contribution in [0.3, 0.4) is 0 Å². The second kappa shape index (κ2) is 9.36. The van der Waals surface area contributed by atoms with E-state index in [2.05, 4.69) is 13.1 Å². The van der Waals surface area contributed by atoms with Crippen molar-refractivity contribution in [2.45, 2.75) is 24.9 Å². The molecular weight excluding hydrogens is 484 g/mol. The fourth-order valence-corrected chi connectivity index (χ4v) is 5.72. The Kier molecular flexibility index (Phi) is 7.95. The molecule has 0 bridgehead atoms. The highest BCUT2D eigenvalue weighted by molar-refractivity contribution is 7.66. The molecule has 2 unspecified atom stereocenters. The van der Waals surface area contributed by atoms with Crippen LogP contribution in [0, 0.1) is 5.92 Å². The summed E-state index contributed by atoms with van der Waals surface area (Å²) in [7, 11) is -16.8. The van der Waals surface area contributed by atoms with Crippen LogP contribution in [0.2, 0.25) is 0 Å². The molecule has 6 atom stereocenters. The average molecular weight is 502 g/mol. The van der Waals surface area contributed by atoms with Crippen LogP contribution in [0.5, 0.6) is 0 Å². The Bertz CT molecular complexity index is 820. The molecule has 6 N–H and O–H groups in total. The predicted molar refractivity (Wildman–Crippen MR) is 88.8 cm³/mol. The normalized spacial score (nSPS) is 31.9. The van der Waals surface area contributed by atoms with Crippen LogP contribution in [0.15, 0.2) is 0 Å². The molecule has 174 valence electrons. The first kappa shape index (κ1) is 25.5. The van der Waals surface area contributed by atoms with Crippen LogP contribution in [0.25, 0.3) is 0 Å². The lowest BCUT2D eigenvalue weighted by atomic mass is 9.99. The van der Waals surface area contributed by atoms with Crippen LogP contribution in [0.4, 0.5) is 9.18 Å². The topological polar surface area (TPSA) is 239 Å². The Morgan fingerprint density at radius 1 is 1.13 bits per heavy atom. The van der Waals surface area contributed by atoms with Crippen LogP contribution >= 0.6 is 23.5 Å². The molecule has 2 fully saturated rings. The van der Waals surface area contributed by atoms with Gasteiger partial charge in [0.2, 0.25) is 5.91 Å². The number of halogens is 1. The van der Waals surface area contributed by atoms with E-state index in [1.165, 1.54) is 0 Å². The van der Waals surface area contributed by atoms with Crippen LogP contribution in [-0.4, -0.2) is 79.8 Å². The van der Waals surface area contributed by atoms with Crippen molar-refractivity contribution >= 4 is 35.4 Å². The van der Waals surface area contributed by atoms with Crippen molar-refractivity contribution in [1.29, 1.82) is 0 Å². The van der Waals surface area contributed by atoms with Crippen molar-refractivity contribution in [2.75, 3.05) is 19.8 Å². The zero-order chi connectivity index (χ0) is 22.9. The van der Waals surface area contributed by atoms with Gasteiger partial charge in [-0.3, -0.25) is 23.9 Å². The highest BCUT2D eigenvalue weighted by atomic mass is 31.3. The number of hydrogen-bond donors (Lipinski definition) is 6. The number of urea groups is 1. The highest BCUT2D eigenvalue weighted by Gasteiger charge is 2.50. The Hall–Kier alpha value is -0.800. The molecular formula is C10H18FN2O14P3. The van der Waals surface area contributed by atoms with E-state index in [-0.39, 0.29) is 13.0 Å². The van der Waals surface area contributed by atoms with Crippen LogP contribution in [-0.2, 0) is 36.4 Å². The van der Waals surface area contributed by atoms with Gasteiger partial charge in [-0.1, -0.05) is 0 Å². The minimum absolute atomic E-state index is 0.120. The molecule has 0 aromatic rings. The predicted octanol–water partition coefficient (Wildman–Crippen LogP) is -1.06. The van der Waals surface area contributed by atoms with Crippen molar-refractivity contribution in [3.8, 4) is 0 Å². The highest BCUT2D eigenvalue weighted by Crippen LogP contribution is 2.66. The first-order valence-corrected chi connectivity index (χ1v) is 12.4. The van der Waals surface area contributed by atoms with Gasteiger partial charge < -0.3 is 29.4 Å². The van der Waals surface area contributed by atoms with Crippen molar-refractivity contribution in [3.63, 3.8) is 0 Å². The van der Waals surface area contributed by atoms with E-state index in [4.69, 9.17) is 19.4 Å². The van der Waals surface area contributed by atoms with Gasteiger partial charge in [0.15, 0.2) is 6.23 Å². The number of carbonyl (C=O) groups is 2. The molecule has 2 saturated heterocycles. The second-order valence-electron chi connectivity index (χ2n) is 6.06. The van der Waals surface area contributed by atoms with Gasteiger partial charge >= 0.3 is 29.5 Å². The zero-order valence-corrected chi connectivity index (χ0v) is 17.4. The van der Waals surface area contributed by atoms with E-state index in [1.807, 2.05) is 5.32 Å². The Labute approximate surface area is 167 Å². The summed E-state index contributed by atoms with van der Waals surface area (Å²) in [6.07, 6.45) is -4.63. The third-order valence-electron chi connectivity index (χ3n) is 3.91. The zero-order valence-electron chi connectivity index (χ0n) is 14.7. The minimum Gasteiger partial charge on any atom is -0.388 e. The Balaban J connectivity index is 2.02. The summed E-state index contributed by atoms with van der Waals surface area (Å²) in [6, 6.07) is -0.915. The smallest absolute Gasteiger partial charge is 0.388 e. The lowest BCUT2D eigenvalue weighted by Gasteiger charge is -2.33. The molecule has 0 spiro atoms. The number of aliphatic hydroxyl groups is 1. The van der Waals surface area contributed by atoms with Gasteiger partial charge in [0.1, 0.15) is 6.10 Å². The number of ether oxygens (including phenoxy) is 1. The third kappa shape index (κ3) is 6.85. The number of rotatable bonds is 9. The molecule has 20 heteroatoms. The molecule has 16 nitrogen and oxygen atoms in total. The van der Waals surface area contributed by atoms with Gasteiger partial charge in [-0.15, -0.1) is 0 Å². The van der Waals surface area contributed by atoms with Gasteiger partial charge in [0.25, 0.3) is 0 Å². The number of alkyl halides is 1. The van der Waals surface area contributed by atoms with E-state index >= 15 is 0 Å². The summed E-state index contributed by atoms with van der Waals surface area (Å²) in [5, 5.41) is 12.2. The summed E-state index contributed by atoms with van der Waals surface area (Å²) in [6.45, 7) is -2.38. The molecule has 0 radical (unpaired) electrons. The lowest BCUT2D eigenvalue weighted by Crippen LogP contribution is -2.56. The summed E-state index contributed by atoms with van der Waals surface area (Å²) in [4.78, 5) is 59.4. The summed E-state index contributed by atoms with van der Waals surface area (Å²) < 4.78 is 63.7.